The van der Waals surface area contributed by atoms with Crippen LogP contribution >= 0.6 is 0 Å². The maximum Gasteiger partial charge on any atom is 0.471 e. The molecule has 0 saturated carbocycles. The number of benzene rings is 2. The van der Waals surface area contributed by atoms with Crippen LogP contribution in [0.15, 0.2) is 42.5 Å². The van der Waals surface area contributed by atoms with Gasteiger partial charge in [-0.25, -0.2) is 0 Å². The van der Waals surface area contributed by atoms with Crippen LogP contribution in [0.5, 0.6) is 0 Å². The number of fused-ring (bicyclic) bond motifs is 1. The molecule has 3 rings (SSSR count). The molecule has 1 heterocycles. The number of carbonyl (C=O) groups is 4. The molecule has 0 saturated heterocycles. The van der Waals surface area contributed by atoms with Gasteiger partial charge in [0.2, 0.25) is 0 Å². The van der Waals surface area contributed by atoms with Gasteiger partial charge >= 0.3 is 12.1 Å². The molecule has 7 nitrogen and oxygen atoms in total. The van der Waals surface area contributed by atoms with E-state index in [1.54, 1.807) is 11.4 Å². The van der Waals surface area contributed by atoms with Crippen LogP contribution < -0.4 is 10.6 Å². The molecule has 32 heavy (non-hydrogen) atoms. The van der Waals surface area contributed by atoms with Gasteiger partial charge in [0.05, 0.1) is 11.1 Å². The number of hydrogen-bond donors (Lipinski definition) is 2. The summed E-state index contributed by atoms with van der Waals surface area (Å²) in [4.78, 5) is 49.7. The summed E-state index contributed by atoms with van der Waals surface area (Å²) in [6.45, 7) is 4.00. The Bertz CT molecular complexity index is 1100. The fourth-order valence-corrected chi connectivity index (χ4v) is 3.21. The summed E-state index contributed by atoms with van der Waals surface area (Å²) in [5.41, 5.74) is 0.943. The third-order valence-corrected chi connectivity index (χ3v) is 4.68. The SMILES string of the molecule is CC(C)CN1C(=O)c2ccc(C(=O)NCc3cccc(NC(=O)C(F)(F)F)c3)cc2C1=O. The zero-order valence-electron chi connectivity index (χ0n) is 17.2. The van der Waals surface area contributed by atoms with E-state index in [1.165, 1.54) is 36.4 Å². The molecule has 2 N–H and O–H groups in total. The average molecular weight is 447 g/mol. The maximum atomic E-state index is 12.6. The molecule has 0 unspecified atom stereocenters. The predicted molar refractivity (Wildman–Crippen MR) is 109 cm³/mol. The number of amides is 4. The van der Waals surface area contributed by atoms with Gasteiger partial charge in [-0.1, -0.05) is 26.0 Å². The summed E-state index contributed by atoms with van der Waals surface area (Å²) >= 11 is 0. The van der Waals surface area contributed by atoms with Crippen molar-refractivity contribution in [2.45, 2.75) is 26.6 Å². The molecule has 0 atom stereocenters. The largest absolute Gasteiger partial charge is 0.471 e. The minimum absolute atomic E-state index is 0.0298. The van der Waals surface area contributed by atoms with Crippen molar-refractivity contribution in [1.82, 2.24) is 10.2 Å². The number of alkyl halides is 3. The van der Waals surface area contributed by atoms with Crippen molar-refractivity contribution >= 4 is 29.3 Å². The first-order valence-electron chi connectivity index (χ1n) is 9.73. The molecular formula is C22H20F3N3O4. The summed E-state index contributed by atoms with van der Waals surface area (Å²) in [7, 11) is 0. The third kappa shape index (κ3) is 4.96. The molecule has 0 spiro atoms. The lowest BCUT2D eigenvalue weighted by Gasteiger charge is -2.15. The smallest absolute Gasteiger partial charge is 0.348 e. The van der Waals surface area contributed by atoms with Gasteiger partial charge in [-0.2, -0.15) is 13.2 Å². The quantitative estimate of drug-likeness (QED) is 0.664. The Balaban J connectivity index is 1.68. The first kappa shape index (κ1) is 23.0. The number of carbonyl (C=O) groups excluding carboxylic acids is 4. The average Bonchev–Trinajstić information content (AvgIpc) is 2.95. The van der Waals surface area contributed by atoms with Crippen LogP contribution in [0.25, 0.3) is 0 Å². The Morgan fingerprint density at radius 2 is 1.69 bits per heavy atom. The molecular weight excluding hydrogens is 427 g/mol. The van der Waals surface area contributed by atoms with Gasteiger partial charge in [-0.05, 0) is 41.8 Å². The van der Waals surface area contributed by atoms with Crippen LogP contribution in [0.2, 0.25) is 0 Å². The van der Waals surface area contributed by atoms with Gasteiger partial charge < -0.3 is 10.6 Å². The highest BCUT2D eigenvalue weighted by Gasteiger charge is 2.38. The van der Waals surface area contributed by atoms with E-state index in [2.05, 4.69) is 5.32 Å². The molecule has 1 aliphatic rings. The van der Waals surface area contributed by atoms with Crippen molar-refractivity contribution in [3.63, 3.8) is 0 Å². The number of rotatable bonds is 6. The lowest BCUT2D eigenvalue weighted by molar-refractivity contribution is -0.167. The van der Waals surface area contributed by atoms with Crippen LogP contribution in [-0.4, -0.2) is 41.2 Å². The molecule has 0 radical (unpaired) electrons. The molecule has 168 valence electrons. The van der Waals surface area contributed by atoms with Crippen molar-refractivity contribution in [3.8, 4) is 0 Å². The first-order valence-corrected chi connectivity index (χ1v) is 9.73. The van der Waals surface area contributed by atoms with Gasteiger partial charge in [-0.3, -0.25) is 24.1 Å². The number of anilines is 1. The van der Waals surface area contributed by atoms with Crippen LogP contribution in [0.1, 0.15) is 50.5 Å². The van der Waals surface area contributed by atoms with Crippen LogP contribution in [0.4, 0.5) is 18.9 Å². The minimum atomic E-state index is -5.01. The zero-order valence-corrected chi connectivity index (χ0v) is 17.2. The Morgan fingerprint density at radius 1 is 1.00 bits per heavy atom. The molecule has 10 heteroatoms. The van der Waals surface area contributed by atoms with E-state index in [9.17, 15) is 32.3 Å². The van der Waals surface area contributed by atoms with E-state index in [0.29, 0.717) is 5.56 Å². The van der Waals surface area contributed by atoms with Gasteiger partial charge in [0.15, 0.2) is 0 Å². The molecule has 2 aromatic rings. The highest BCUT2D eigenvalue weighted by atomic mass is 19.4. The highest BCUT2D eigenvalue weighted by Crippen LogP contribution is 2.25. The molecule has 0 aliphatic carbocycles. The van der Waals surface area contributed by atoms with Crippen molar-refractivity contribution in [1.29, 1.82) is 0 Å². The highest BCUT2D eigenvalue weighted by molar-refractivity contribution is 6.22. The van der Waals surface area contributed by atoms with E-state index in [-0.39, 0.29) is 41.4 Å². The summed E-state index contributed by atoms with van der Waals surface area (Å²) in [6.07, 6.45) is -5.01. The maximum absolute atomic E-state index is 12.6. The van der Waals surface area contributed by atoms with Gasteiger partial charge in [-0.15, -0.1) is 0 Å². The van der Waals surface area contributed by atoms with Crippen LogP contribution in [0.3, 0.4) is 0 Å². The summed E-state index contributed by atoms with van der Waals surface area (Å²) in [5, 5.41) is 4.35. The standard InChI is InChI=1S/C22H20F3N3O4/c1-12(2)11-28-19(30)16-7-6-14(9-17(16)20(28)31)18(29)26-10-13-4-3-5-15(8-13)27-21(32)22(23,24)25/h3-9,12H,10-11H2,1-2H3,(H,26,29)(H,27,32). The molecule has 1 aliphatic heterocycles. The van der Waals surface area contributed by atoms with Crippen LogP contribution in [0, 0.1) is 5.92 Å². The summed E-state index contributed by atoms with van der Waals surface area (Å²) < 4.78 is 37.2. The van der Waals surface area contributed by atoms with Gasteiger partial charge in [0.25, 0.3) is 17.7 Å². The fourth-order valence-electron chi connectivity index (χ4n) is 3.21. The monoisotopic (exact) mass is 447 g/mol. The second-order valence-electron chi connectivity index (χ2n) is 7.71. The lowest BCUT2D eigenvalue weighted by atomic mass is 10.1. The molecule has 0 fully saturated rings. The second-order valence-corrected chi connectivity index (χ2v) is 7.71. The first-order chi connectivity index (χ1) is 15.0. The predicted octanol–water partition coefficient (Wildman–Crippen LogP) is 3.37. The molecule has 0 bridgehead atoms. The van der Waals surface area contributed by atoms with Gasteiger partial charge in [0, 0.05) is 24.3 Å². The third-order valence-electron chi connectivity index (χ3n) is 4.68. The van der Waals surface area contributed by atoms with E-state index in [1.807, 2.05) is 13.8 Å². The van der Waals surface area contributed by atoms with Crippen molar-refractivity contribution in [3.05, 3.63) is 64.7 Å². The van der Waals surface area contributed by atoms with Crippen molar-refractivity contribution in [2.24, 2.45) is 5.92 Å². The second kappa shape index (κ2) is 8.81. The number of nitrogens with zero attached hydrogens (tertiary/aromatic N) is 1. The molecule has 2 aromatic carbocycles. The lowest BCUT2D eigenvalue weighted by Crippen LogP contribution is -2.33. The number of hydrogen-bond acceptors (Lipinski definition) is 4. The number of nitrogens with one attached hydrogen (secondary N) is 2. The summed E-state index contributed by atoms with van der Waals surface area (Å²) in [5.74, 6) is -3.39. The van der Waals surface area contributed by atoms with Crippen LogP contribution in [-0.2, 0) is 11.3 Å². The number of halogens is 3. The Labute approximate surface area is 181 Å². The van der Waals surface area contributed by atoms with Crippen molar-refractivity contribution in [2.75, 3.05) is 11.9 Å². The Morgan fingerprint density at radius 3 is 2.34 bits per heavy atom. The number of imide groups is 1. The fraction of sp³-hybridized carbons (Fsp3) is 0.273. The topological polar surface area (TPSA) is 95.6 Å². The van der Waals surface area contributed by atoms with E-state index < -0.39 is 29.8 Å². The zero-order chi connectivity index (χ0) is 23.6. The Kier molecular flexibility index (Phi) is 6.33. The van der Waals surface area contributed by atoms with E-state index in [4.69, 9.17) is 0 Å². The molecule has 0 aromatic heterocycles. The van der Waals surface area contributed by atoms with Gasteiger partial charge in [0.1, 0.15) is 0 Å². The summed E-state index contributed by atoms with van der Waals surface area (Å²) in [6, 6.07) is 9.82. The Hall–Kier alpha value is -3.69. The normalized spacial score (nSPS) is 13.4. The minimum Gasteiger partial charge on any atom is -0.348 e. The van der Waals surface area contributed by atoms with E-state index in [0.717, 1.165) is 4.90 Å². The van der Waals surface area contributed by atoms with Crippen molar-refractivity contribution < 1.29 is 32.3 Å². The molecule has 4 amide bonds. The van der Waals surface area contributed by atoms with E-state index >= 15 is 0 Å².